The fourth-order valence-electron chi connectivity index (χ4n) is 3.67. The SMILES string of the molecule is Oc1cccc(C2=NN3[C@@H](c4ccncc4)Oc4ccc(Cl)cc4[C@@H]3C2)c1. The number of phenolic OH excluding ortho intramolecular Hbond substituents is 1. The topological polar surface area (TPSA) is 58.0 Å². The zero-order valence-corrected chi connectivity index (χ0v) is 15.0. The molecule has 0 saturated heterocycles. The molecule has 0 aliphatic carbocycles. The molecule has 2 aliphatic heterocycles. The third kappa shape index (κ3) is 2.80. The van der Waals surface area contributed by atoms with E-state index in [1.807, 2.05) is 47.5 Å². The number of benzene rings is 2. The van der Waals surface area contributed by atoms with Crippen molar-refractivity contribution in [2.24, 2.45) is 5.10 Å². The van der Waals surface area contributed by atoms with Gasteiger partial charge in [-0.1, -0.05) is 23.7 Å². The Morgan fingerprint density at radius 3 is 2.74 bits per heavy atom. The first-order chi connectivity index (χ1) is 13.2. The van der Waals surface area contributed by atoms with Crippen molar-refractivity contribution in [3.63, 3.8) is 0 Å². The van der Waals surface area contributed by atoms with Crippen molar-refractivity contribution < 1.29 is 9.84 Å². The minimum Gasteiger partial charge on any atom is -0.508 e. The van der Waals surface area contributed by atoms with E-state index in [4.69, 9.17) is 21.4 Å². The zero-order chi connectivity index (χ0) is 18.4. The van der Waals surface area contributed by atoms with E-state index < -0.39 is 0 Å². The number of nitrogens with zero attached hydrogens (tertiary/aromatic N) is 3. The molecule has 2 aromatic carbocycles. The normalized spacial score (nSPS) is 20.5. The maximum absolute atomic E-state index is 9.84. The molecule has 5 rings (SSSR count). The highest BCUT2D eigenvalue weighted by Gasteiger charge is 2.41. The summed E-state index contributed by atoms with van der Waals surface area (Å²) in [5, 5.41) is 17.3. The zero-order valence-electron chi connectivity index (χ0n) is 14.3. The summed E-state index contributed by atoms with van der Waals surface area (Å²) in [4.78, 5) is 4.10. The van der Waals surface area contributed by atoms with Crippen LogP contribution in [0.2, 0.25) is 5.02 Å². The molecule has 0 amide bonds. The first-order valence-corrected chi connectivity index (χ1v) is 9.08. The first kappa shape index (κ1) is 16.1. The molecule has 6 heteroatoms. The third-order valence-corrected chi connectivity index (χ3v) is 5.16. The summed E-state index contributed by atoms with van der Waals surface area (Å²) in [6, 6.07) is 16.8. The van der Waals surface area contributed by atoms with Gasteiger partial charge < -0.3 is 9.84 Å². The Morgan fingerprint density at radius 1 is 1.07 bits per heavy atom. The lowest BCUT2D eigenvalue weighted by Crippen LogP contribution is -2.33. The summed E-state index contributed by atoms with van der Waals surface area (Å²) in [5.74, 6) is 1.04. The van der Waals surface area contributed by atoms with Crippen molar-refractivity contribution in [2.45, 2.75) is 18.7 Å². The lowest BCUT2D eigenvalue weighted by atomic mass is 9.96. The molecule has 0 fully saturated rings. The van der Waals surface area contributed by atoms with E-state index in [9.17, 15) is 5.11 Å². The van der Waals surface area contributed by atoms with Crippen LogP contribution < -0.4 is 4.74 Å². The van der Waals surface area contributed by atoms with Crippen LogP contribution in [0.1, 0.15) is 35.4 Å². The third-order valence-electron chi connectivity index (χ3n) is 4.92. The van der Waals surface area contributed by atoms with E-state index >= 15 is 0 Å². The van der Waals surface area contributed by atoms with Gasteiger partial charge in [0.05, 0.1) is 11.8 Å². The Morgan fingerprint density at radius 2 is 1.93 bits per heavy atom. The number of aromatic hydroxyl groups is 1. The maximum atomic E-state index is 9.84. The highest BCUT2D eigenvalue weighted by atomic mass is 35.5. The quantitative estimate of drug-likeness (QED) is 0.704. The average molecular weight is 378 g/mol. The number of fused-ring (bicyclic) bond motifs is 3. The number of rotatable bonds is 2. The minimum atomic E-state index is -0.346. The average Bonchev–Trinajstić information content (AvgIpc) is 3.14. The molecule has 3 heterocycles. The van der Waals surface area contributed by atoms with Gasteiger partial charge >= 0.3 is 0 Å². The number of hydrogen-bond acceptors (Lipinski definition) is 5. The van der Waals surface area contributed by atoms with Gasteiger partial charge in [0.25, 0.3) is 0 Å². The van der Waals surface area contributed by atoms with E-state index in [0.717, 1.165) is 28.2 Å². The Hall–Kier alpha value is -3.05. The Bertz CT molecular complexity index is 1040. The molecular weight excluding hydrogens is 362 g/mol. The molecule has 3 aromatic rings. The summed E-state index contributed by atoms with van der Waals surface area (Å²) in [5.41, 5.74) is 3.82. The molecule has 5 nitrogen and oxygen atoms in total. The van der Waals surface area contributed by atoms with Crippen LogP contribution in [0.4, 0.5) is 0 Å². The minimum absolute atomic E-state index is 0.0166. The number of ether oxygens (including phenoxy) is 1. The molecule has 134 valence electrons. The van der Waals surface area contributed by atoms with Crippen LogP contribution in [0.3, 0.4) is 0 Å². The maximum Gasteiger partial charge on any atom is 0.213 e. The van der Waals surface area contributed by atoms with Gasteiger partial charge in [0.15, 0.2) is 0 Å². The van der Waals surface area contributed by atoms with Crippen LogP contribution in [0.25, 0.3) is 0 Å². The number of hydrazone groups is 1. The number of hydrogen-bond donors (Lipinski definition) is 1. The van der Waals surface area contributed by atoms with Crippen LogP contribution in [-0.4, -0.2) is 20.8 Å². The van der Waals surface area contributed by atoms with Crippen molar-refractivity contribution in [1.82, 2.24) is 9.99 Å². The molecule has 2 atom stereocenters. The van der Waals surface area contributed by atoms with Crippen molar-refractivity contribution in [2.75, 3.05) is 0 Å². The van der Waals surface area contributed by atoms with E-state index in [1.165, 1.54) is 0 Å². The summed E-state index contributed by atoms with van der Waals surface area (Å²) < 4.78 is 6.28. The van der Waals surface area contributed by atoms with E-state index in [0.29, 0.717) is 11.4 Å². The fraction of sp³-hybridized carbons (Fsp3) is 0.143. The lowest BCUT2D eigenvalue weighted by Gasteiger charge is -2.38. The van der Waals surface area contributed by atoms with Gasteiger partial charge in [0.2, 0.25) is 6.23 Å². The number of aromatic nitrogens is 1. The van der Waals surface area contributed by atoms with Gasteiger partial charge in [-0.15, -0.1) is 0 Å². The van der Waals surface area contributed by atoms with Crippen LogP contribution in [-0.2, 0) is 0 Å². The second-order valence-corrected chi connectivity index (χ2v) is 7.07. The Balaban J connectivity index is 1.61. The number of halogens is 1. The molecule has 0 spiro atoms. The van der Waals surface area contributed by atoms with Crippen LogP contribution in [0, 0.1) is 0 Å². The first-order valence-electron chi connectivity index (χ1n) is 8.70. The van der Waals surface area contributed by atoms with Gasteiger partial charge in [0.1, 0.15) is 11.5 Å². The number of pyridine rings is 1. The van der Waals surface area contributed by atoms with Crippen molar-refractivity contribution in [3.8, 4) is 11.5 Å². The molecule has 27 heavy (non-hydrogen) atoms. The van der Waals surface area contributed by atoms with Crippen molar-refractivity contribution >= 4 is 17.3 Å². The molecule has 2 aliphatic rings. The molecule has 0 saturated carbocycles. The molecule has 1 N–H and O–H groups in total. The molecule has 0 bridgehead atoms. The van der Waals surface area contributed by atoms with Crippen molar-refractivity contribution in [1.29, 1.82) is 0 Å². The van der Waals surface area contributed by atoms with Gasteiger partial charge in [0, 0.05) is 40.5 Å². The number of phenols is 1. The largest absolute Gasteiger partial charge is 0.508 e. The van der Waals surface area contributed by atoms with E-state index in [1.54, 1.807) is 24.5 Å². The standard InChI is InChI=1S/C21H16ClN3O2/c22-15-4-5-20-17(11-15)19-12-18(14-2-1-3-16(26)10-14)24-25(19)21(27-20)13-6-8-23-9-7-13/h1-11,19,21,26H,12H2/t19-,21+/m0/s1. The van der Waals surface area contributed by atoms with Gasteiger partial charge in [-0.2, -0.15) is 5.10 Å². The van der Waals surface area contributed by atoms with Crippen LogP contribution >= 0.6 is 11.6 Å². The Kier molecular flexibility index (Phi) is 3.76. The second-order valence-electron chi connectivity index (χ2n) is 6.63. The second kappa shape index (κ2) is 6.28. The van der Waals surface area contributed by atoms with Crippen LogP contribution in [0.5, 0.6) is 11.5 Å². The highest BCUT2D eigenvalue weighted by molar-refractivity contribution is 6.30. The smallest absolute Gasteiger partial charge is 0.213 e. The van der Waals surface area contributed by atoms with Crippen molar-refractivity contribution in [3.05, 3.63) is 88.7 Å². The highest BCUT2D eigenvalue weighted by Crippen LogP contribution is 2.48. The summed E-state index contributed by atoms with van der Waals surface area (Å²) in [7, 11) is 0. The van der Waals surface area contributed by atoms with E-state index in [-0.39, 0.29) is 18.0 Å². The molecule has 1 aromatic heterocycles. The fourth-order valence-corrected chi connectivity index (χ4v) is 3.85. The molecule has 0 unspecified atom stereocenters. The van der Waals surface area contributed by atoms with Gasteiger partial charge in [-0.05, 0) is 42.5 Å². The summed E-state index contributed by atoms with van der Waals surface area (Å²) >= 11 is 6.24. The molecular formula is C21H16ClN3O2. The van der Waals surface area contributed by atoms with Crippen LogP contribution in [0.15, 0.2) is 72.1 Å². The predicted octanol–water partition coefficient (Wildman–Crippen LogP) is 4.68. The summed E-state index contributed by atoms with van der Waals surface area (Å²) in [6.07, 6.45) is 3.87. The Labute approximate surface area is 161 Å². The molecule has 0 radical (unpaired) electrons. The van der Waals surface area contributed by atoms with Gasteiger partial charge in [-0.25, -0.2) is 5.01 Å². The summed E-state index contributed by atoms with van der Waals surface area (Å²) in [6.45, 7) is 0. The van der Waals surface area contributed by atoms with Gasteiger partial charge in [-0.3, -0.25) is 4.98 Å². The van der Waals surface area contributed by atoms with E-state index in [2.05, 4.69) is 4.98 Å². The predicted molar refractivity (Wildman–Crippen MR) is 103 cm³/mol. The lowest BCUT2D eigenvalue weighted by molar-refractivity contribution is -0.0190. The monoisotopic (exact) mass is 377 g/mol.